The molecule has 1 aliphatic heterocycles. The number of carbonyl (C=O) groups excluding carboxylic acids is 1. The van der Waals surface area contributed by atoms with Gasteiger partial charge in [0.1, 0.15) is 6.04 Å². The molecule has 1 unspecified atom stereocenters. The van der Waals surface area contributed by atoms with Gasteiger partial charge in [0.25, 0.3) is 0 Å². The molecule has 1 amide bonds. The van der Waals surface area contributed by atoms with Crippen molar-refractivity contribution >= 4 is 5.91 Å². The summed E-state index contributed by atoms with van der Waals surface area (Å²) in [5.41, 5.74) is 0. The third kappa shape index (κ3) is 2.19. The predicted octanol–water partition coefficient (Wildman–Crippen LogP) is 0.393. The number of morpholine rings is 1. The fraction of sp³-hybridized carbons (Fsp3) is 0.778. The molecule has 13 heavy (non-hydrogen) atoms. The molecular weight excluding hydrogens is 168 g/mol. The molecule has 1 heterocycles. The maximum atomic E-state index is 11.6. The van der Waals surface area contributed by atoms with Gasteiger partial charge in [-0.05, 0) is 0 Å². The van der Waals surface area contributed by atoms with E-state index in [0.717, 1.165) is 0 Å². The molecule has 0 saturated carbocycles. The van der Waals surface area contributed by atoms with Crippen molar-refractivity contribution in [3.63, 3.8) is 0 Å². The zero-order chi connectivity index (χ0) is 9.84. The van der Waals surface area contributed by atoms with Gasteiger partial charge in [0.15, 0.2) is 0 Å². The Labute approximate surface area is 78.1 Å². The standard InChI is InChI=1S/C9H14N2O2/c1-7(2)9(12)11-3-4-13-6-8(11)5-10/h7-8H,3-4,6H2,1-2H3. The Balaban J connectivity index is 2.65. The maximum absolute atomic E-state index is 11.6. The molecule has 0 aromatic carbocycles. The summed E-state index contributed by atoms with van der Waals surface area (Å²) < 4.78 is 5.12. The van der Waals surface area contributed by atoms with E-state index in [1.807, 2.05) is 13.8 Å². The van der Waals surface area contributed by atoms with E-state index in [9.17, 15) is 4.79 Å². The molecule has 1 fully saturated rings. The molecule has 72 valence electrons. The van der Waals surface area contributed by atoms with Crippen molar-refractivity contribution in [3.05, 3.63) is 0 Å². The minimum atomic E-state index is -0.399. The molecule has 0 radical (unpaired) electrons. The van der Waals surface area contributed by atoms with Crippen LogP contribution in [0.25, 0.3) is 0 Å². The summed E-state index contributed by atoms with van der Waals surface area (Å²) in [7, 11) is 0. The summed E-state index contributed by atoms with van der Waals surface area (Å²) in [6.45, 7) is 5.10. The summed E-state index contributed by atoms with van der Waals surface area (Å²) in [5.74, 6) is -0.0104. The van der Waals surface area contributed by atoms with Gasteiger partial charge >= 0.3 is 0 Å². The van der Waals surface area contributed by atoms with Crippen molar-refractivity contribution in [2.24, 2.45) is 5.92 Å². The molecular formula is C9H14N2O2. The Bertz CT molecular complexity index is 232. The molecule has 0 spiro atoms. The highest BCUT2D eigenvalue weighted by molar-refractivity contribution is 5.78. The van der Waals surface area contributed by atoms with E-state index in [0.29, 0.717) is 19.8 Å². The number of carbonyl (C=O) groups is 1. The fourth-order valence-electron chi connectivity index (χ4n) is 1.31. The van der Waals surface area contributed by atoms with Crippen molar-refractivity contribution in [1.82, 2.24) is 4.90 Å². The highest BCUT2D eigenvalue weighted by Crippen LogP contribution is 2.10. The van der Waals surface area contributed by atoms with Crippen LogP contribution in [0.2, 0.25) is 0 Å². The van der Waals surface area contributed by atoms with Crippen molar-refractivity contribution in [2.75, 3.05) is 19.8 Å². The van der Waals surface area contributed by atoms with E-state index in [1.165, 1.54) is 0 Å². The second-order valence-corrected chi connectivity index (χ2v) is 3.41. The number of ether oxygens (including phenoxy) is 1. The van der Waals surface area contributed by atoms with Crippen LogP contribution < -0.4 is 0 Å². The maximum Gasteiger partial charge on any atom is 0.226 e. The lowest BCUT2D eigenvalue weighted by Gasteiger charge is -2.32. The average Bonchev–Trinajstić information content (AvgIpc) is 2.16. The smallest absolute Gasteiger partial charge is 0.226 e. The summed E-state index contributed by atoms with van der Waals surface area (Å²) in [6, 6.07) is 1.67. The molecule has 0 aliphatic carbocycles. The van der Waals surface area contributed by atoms with Gasteiger partial charge in [0, 0.05) is 12.5 Å². The second kappa shape index (κ2) is 4.24. The SMILES string of the molecule is CC(C)C(=O)N1CCOCC1C#N. The van der Waals surface area contributed by atoms with E-state index in [2.05, 4.69) is 6.07 Å². The van der Waals surface area contributed by atoms with Crippen LogP contribution in [0.15, 0.2) is 0 Å². The van der Waals surface area contributed by atoms with E-state index < -0.39 is 6.04 Å². The third-order valence-corrected chi connectivity index (χ3v) is 2.05. The monoisotopic (exact) mass is 182 g/mol. The summed E-state index contributed by atoms with van der Waals surface area (Å²) >= 11 is 0. The number of hydrogen-bond donors (Lipinski definition) is 0. The van der Waals surface area contributed by atoms with Crippen LogP contribution in [0.3, 0.4) is 0 Å². The van der Waals surface area contributed by atoms with Crippen LogP contribution in [-0.2, 0) is 9.53 Å². The van der Waals surface area contributed by atoms with Crippen LogP contribution in [-0.4, -0.2) is 36.6 Å². The Hall–Kier alpha value is -1.08. The topological polar surface area (TPSA) is 53.3 Å². The Morgan fingerprint density at radius 2 is 2.38 bits per heavy atom. The van der Waals surface area contributed by atoms with Gasteiger partial charge in [-0.15, -0.1) is 0 Å². The molecule has 4 heteroatoms. The Morgan fingerprint density at radius 1 is 1.69 bits per heavy atom. The number of amides is 1. The van der Waals surface area contributed by atoms with Crippen LogP contribution in [0.5, 0.6) is 0 Å². The van der Waals surface area contributed by atoms with Gasteiger partial charge in [-0.3, -0.25) is 4.79 Å². The summed E-state index contributed by atoms with van der Waals surface area (Å²) in [6.07, 6.45) is 0. The molecule has 0 aromatic rings. The van der Waals surface area contributed by atoms with Gasteiger partial charge in [0.05, 0.1) is 19.3 Å². The lowest BCUT2D eigenvalue weighted by Crippen LogP contribution is -2.49. The van der Waals surface area contributed by atoms with E-state index >= 15 is 0 Å². The first kappa shape index (κ1) is 10.0. The lowest BCUT2D eigenvalue weighted by atomic mass is 10.1. The van der Waals surface area contributed by atoms with Gasteiger partial charge in [-0.2, -0.15) is 5.26 Å². The van der Waals surface area contributed by atoms with Crippen LogP contribution in [0.4, 0.5) is 0 Å². The number of nitriles is 1. The third-order valence-electron chi connectivity index (χ3n) is 2.05. The molecule has 1 atom stereocenters. The van der Waals surface area contributed by atoms with Crippen molar-refractivity contribution < 1.29 is 9.53 Å². The van der Waals surface area contributed by atoms with E-state index in [1.54, 1.807) is 4.90 Å². The Morgan fingerprint density at radius 3 is 2.92 bits per heavy atom. The van der Waals surface area contributed by atoms with Gasteiger partial charge < -0.3 is 9.64 Å². The lowest BCUT2D eigenvalue weighted by molar-refractivity contribution is -0.141. The van der Waals surface area contributed by atoms with Crippen molar-refractivity contribution in [1.29, 1.82) is 5.26 Å². The summed E-state index contributed by atoms with van der Waals surface area (Å²) in [4.78, 5) is 13.2. The quantitative estimate of drug-likeness (QED) is 0.589. The molecule has 0 N–H and O–H groups in total. The number of rotatable bonds is 1. The normalized spacial score (nSPS) is 22.9. The van der Waals surface area contributed by atoms with Crippen LogP contribution >= 0.6 is 0 Å². The minimum Gasteiger partial charge on any atom is -0.376 e. The summed E-state index contributed by atoms with van der Waals surface area (Å²) in [5, 5.41) is 8.77. The second-order valence-electron chi connectivity index (χ2n) is 3.41. The average molecular weight is 182 g/mol. The van der Waals surface area contributed by atoms with Crippen LogP contribution in [0, 0.1) is 17.2 Å². The van der Waals surface area contributed by atoms with E-state index in [-0.39, 0.29) is 11.8 Å². The number of nitrogens with zero attached hydrogens (tertiary/aromatic N) is 2. The molecule has 1 rings (SSSR count). The zero-order valence-corrected chi connectivity index (χ0v) is 7.99. The fourth-order valence-corrected chi connectivity index (χ4v) is 1.31. The molecule has 0 aromatic heterocycles. The highest BCUT2D eigenvalue weighted by atomic mass is 16.5. The zero-order valence-electron chi connectivity index (χ0n) is 7.99. The minimum absolute atomic E-state index is 0.0369. The first-order chi connectivity index (χ1) is 6.16. The highest BCUT2D eigenvalue weighted by Gasteiger charge is 2.28. The number of hydrogen-bond acceptors (Lipinski definition) is 3. The van der Waals surface area contributed by atoms with E-state index in [4.69, 9.17) is 10.00 Å². The largest absolute Gasteiger partial charge is 0.376 e. The molecule has 4 nitrogen and oxygen atoms in total. The molecule has 1 saturated heterocycles. The van der Waals surface area contributed by atoms with Crippen molar-refractivity contribution in [3.8, 4) is 6.07 Å². The van der Waals surface area contributed by atoms with Crippen LogP contribution in [0.1, 0.15) is 13.8 Å². The van der Waals surface area contributed by atoms with Crippen molar-refractivity contribution in [2.45, 2.75) is 19.9 Å². The molecule has 0 bridgehead atoms. The first-order valence-electron chi connectivity index (χ1n) is 4.44. The molecule has 1 aliphatic rings. The van der Waals surface area contributed by atoms with Gasteiger partial charge in [-0.1, -0.05) is 13.8 Å². The Kier molecular flexibility index (Phi) is 3.26. The van der Waals surface area contributed by atoms with Gasteiger partial charge in [-0.25, -0.2) is 0 Å². The predicted molar refractivity (Wildman–Crippen MR) is 46.8 cm³/mol. The first-order valence-corrected chi connectivity index (χ1v) is 4.44. The van der Waals surface area contributed by atoms with Gasteiger partial charge in [0.2, 0.25) is 5.91 Å².